The van der Waals surface area contributed by atoms with Crippen LogP contribution >= 0.6 is 11.3 Å². The van der Waals surface area contributed by atoms with E-state index in [9.17, 15) is 4.79 Å². The standard InChI is InChI=1S/C19H17N5OS/c1-3-13-8-10-14(11-9-13)17(25)20-16-7-5-4-6-15(16)18-23-24-12(2)21-22-19(24)26-18/h4-11H,3H2,1-2H3,(H,20,25). The average Bonchev–Trinajstić information content (AvgIpc) is 3.24. The number of hydrogen-bond acceptors (Lipinski definition) is 5. The van der Waals surface area contributed by atoms with Crippen molar-refractivity contribution in [3.8, 4) is 10.6 Å². The molecule has 130 valence electrons. The Morgan fingerprint density at radius 1 is 1.12 bits per heavy atom. The van der Waals surface area contributed by atoms with E-state index >= 15 is 0 Å². The van der Waals surface area contributed by atoms with Crippen molar-refractivity contribution in [1.82, 2.24) is 19.8 Å². The molecule has 4 rings (SSSR count). The lowest BCUT2D eigenvalue weighted by atomic mass is 10.1. The van der Waals surface area contributed by atoms with Gasteiger partial charge in [0.2, 0.25) is 4.96 Å². The predicted octanol–water partition coefficient (Wildman–Crippen LogP) is 3.98. The van der Waals surface area contributed by atoms with Gasteiger partial charge in [0.25, 0.3) is 5.91 Å². The van der Waals surface area contributed by atoms with Gasteiger partial charge in [-0.1, -0.05) is 42.5 Å². The zero-order valence-corrected chi connectivity index (χ0v) is 15.2. The Kier molecular flexibility index (Phi) is 4.22. The zero-order valence-electron chi connectivity index (χ0n) is 14.4. The summed E-state index contributed by atoms with van der Waals surface area (Å²) in [5, 5.41) is 16.5. The fraction of sp³-hybridized carbons (Fsp3) is 0.158. The molecule has 0 saturated carbocycles. The summed E-state index contributed by atoms with van der Waals surface area (Å²) in [6.07, 6.45) is 0.949. The molecule has 26 heavy (non-hydrogen) atoms. The molecule has 0 saturated heterocycles. The molecular formula is C19H17N5OS. The fourth-order valence-electron chi connectivity index (χ4n) is 2.69. The van der Waals surface area contributed by atoms with Gasteiger partial charge in [-0.15, -0.1) is 10.2 Å². The molecule has 2 aromatic heterocycles. The molecule has 0 unspecified atom stereocenters. The second-order valence-corrected chi connectivity index (χ2v) is 6.85. The van der Waals surface area contributed by atoms with Crippen LogP contribution in [0.2, 0.25) is 0 Å². The molecule has 0 aliphatic rings. The predicted molar refractivity (Wildman–Crippen MR) is 103 cm³/mol. The first-order valence-corrected chi connectivity index (χ1v) is 9.16. The summed E-state index contributed by atoms with van der Waals surface area (Å²) in [5.74, 6) is 0.597. The highest BCUT2D eigenvalue weighted by atomic mass is 32.1. The van der Waals surface area contributed by atoms with E-state index in [4.69, 9.17) is 0 Å². The zero-order chi connectivity index (χ0) is 18.1. The summed E-state index contributed by atoms with van der Waals surface area (Å²) < 4.78 is 1.71. The second-order valence-electron chi connectivity index (χ2n) is 5.90. The summed E-state index contributed by atoms with van der Waals surface area (Å²) >= 11 is 1.44. The highest BCUT2D eigenvalue weighted by Crippen LogP contribution is 2.31. The monoisotopic (exact) mass is 363 g/mol. The maximum absolute atomic E-state index is 12.6. The molecule has 0 bridgehead atoms. The summed E-state index contributed by atoms with van der Waals surface area (Å²) in [5.41, 5.74) is 3.42. The molecule has 0 spiro atoms. The Balaban J connectivity index is 1.65. The van der Waals surface area contributed by atoms with E-state index in [-0.39, 0.29) is 5.91 Å². The normalized spacial score (nSPS) is 11.0. The maximum Gasteiger partial charge on any atom is 0.255 e. The summed E-state index contributed by atoms with van der Waals surface area (Å²) in [7, 11) is 0. The van der Waals surface area contributed by atoms with E-state index in [0.29, 0.717) is 5.56 Å². The van der Waals surface area contributed by atoms with Gasteiger partial charge < -0.3 is 5.32 Å². The molecule has 2 heterocycles. The van der Waals surface area contributed by atoms with Crippen molar-refractivity contribution < 1.29 is 4.79 Å². The van der Waals surface area contributed by atoms with Crippen LogP contribution in [0, 0.1) is 6.92 Å². The molecule has 0 atom stereocenters. The van der Waals surface area contributed by atoms with Gasteiger partial charge in [0, 0.05) is 11.1 Å². The molecule has 0 aliphatic carbocycles. The average molecular weight is 363 g/mol. The van der Waals surface area contributed by atoms with Gasteiger partial charge in [0.15, 0.2) is 5.82 Å². The van der Waals surface area contributed by atoms with Crippen molar-refractivity contribution in [2.75, 3.05) is 5.32 Å². The van der Waals surface area contributed by atoms with Gasteiger partial charge in [0.05, 0.1) is 5.69 Å². The minimum atomic E-state index is -0.140. The molecule has 1 amide bonds. The minimum Gasteiger partial charge on any atom is -0.321 e. The number of amides is 1. The summed E-state index contributed by atoms with van der Waals surface area (Å²) in [4.78, 5) is 13.3. The van der Waals surface area contributed by atoms with Crippen LogP contribution in [0.4, 0.5) is 5.69 Å². The number of benzene rings is 2. The number of carbonyl (C=O) groups is 1. The number of rotatable bonds is 4. The molecule has 7 heteroatoms. The number of nitrogens with zero attached hydrogens (tertiary/aromatic N) is 4. The molecular weight excluding hydrogens is 346 g/mol. The number of aryl methyl sites for hydroxylation is 2. The SMILES string of the molecule is CCc1ccc(C(=O)Nc2ccccc2-c2nn3c(C)nnc3s2)cc1. The number of fused-ring (bicyclic) bond motifs is 1. The Labute approximate surface area is 154 Å². The molecule has 0 aliphatic heterocycles. The van der Waals surface area contributed by atoms with Gasteiger partial charge in [-0.2, -0.15) is 9.61 Å². The lowest BCUT2D eigenvalue weighted by Crippen LogP contribution is -2.12. The number of para-hydroxylation sites is 1. The van der Waals surface area contributed by atoms with Gasteiger partial charge in [-0.3, -0.25) is 4.79 Å². The van der Waals surface area contributed by atoms with Crippen LogP contribution in [-0.4, -0.2) is 25.7 Å². The topological polar surface area (TPSA) is 72.2 Å². The van der Waals surface area contributed by atoms with Crippen molar-refractivity contribution in [2.24, 2.45) is 0 Å². The maximum atomic E-state index is 12.6. The highest BCUT2D eigenvalue weighted by Gasteiger charge is 2.15. The fourth-order valence-corrected chi connectivity index (χ4v) is 3.61. The summed E-state index contributed by atoms with van der Waals surface area (Å²) in [6.45, 7) is 3.95. The van der Waals surface area contributed by atoms with Gasteiger partial charge in [-0.05, 0) is 43.2 Å². The van der Waals surface area contributed by atoms with E-state index in [0.717, 1.165) is 33.5 Å². The quantitative estimate of drug-likeness (QED) is 0.595. The number of carbonyl (C=O) groups excluding carboxylic acids is 1. The lowest BCUT2D eigenvalue weighted by molar-refractivity contribution is 0.102. The molecule has 4 aromatic rings. The Hall–Kier alpha value is -3.06. The van der Waals surface area contributed by atoms with E-state index in [2.05, 4.69) is 27.5 Å². The van der Waals surface area contributed by atoms with Crippen molar-refractivity contribution in [2.45, 2.75) is 20.3 Å². The Morgan fingerprint density at radius 2 is 1.88 bits per heavy atom. The van der Waals surface area contributed by atoms with Crippen LogP contribution in [0.3, 0.4) is 0 Å². The van der Waals surface area contributed by atoms with Crippen molar-refractivity contribution in [3.05, 3.63) is 65.5 Å². The van der Waals surface area contributed by atoms with Crippen LogP contribution < -0.4 is 5.32 Å². The number of nitrogens with one attached hydrogen (secondary N) is 1. The van der Waals surface area contributed by atoms with Crippen LogP contribution in [0.15, 0.2) is 48.5 Å². The van der Waals surface area contributed by atoms with Crippen LogP contribution in [0.1, 0.15) is 28.7 Å². The number of aromatic nitrogens is 4. The van der Waals surface area contributed by atoms with Crippen molar-refractivity contribution in [1.29, 1.82) is 0 Å². The van der Waals surface area contributed by atoms with Gasteiger partial charge >= 0.3 is 0 Å². The first-order chi connectivity index (χ1) is 12.7. The van der Waals surface area contributed by atoms with Crippen molar-refractivity contribution in [3.63, 3.8) is 0 Å². The molecule has 0 radical (unpaired) electrons. The smallest absolute Gasteiger partial charge is 0.255 e. The lowest BCUT2D eigenvalue weighted by Gasteiger charge is -2.09. The molecule has 1 N–H and O–H groups in total. The van der Waals surface area contributed by atoms with E-state index in [1.165, 1.54) is 16.9 Å². The third kappa shape index (κ3) is 2.97. The first-order valence-electron chi connectivity index (χ1n) is 8.34. The van der Waals surface area contributed by atoms with E-state index in [1.54, 1.807) is 4.52 Å². The van der Waals surface area contributed by atoms with Crippen LogP contribution in [-0.2, 0) is 6.42 Å². The molecule has 6 nitrogen and oxygen atoms in total. The third-order valence-corrected chi connectivity index (χ3v) is 5.11. The van der Waals surface area contributed by atoms with Crippen LogP contribution in [0.25, 0.3) is 15.5 Å². The largest absolute Gasteiger partial charge is 0.321 e. The van der Waals surface area contributed by atoms with Crippen molar-refractivity contribution >= 4 is 27.9 Å². The van der Waals surface area contributed by atoms with E-state index in [1.807, 2.05) is 55.5 Å². The third-order valence-electron chi connectivity index (χ3n) is 4.18. The second kappa shape index (κ2) is 6.68. The number of anilines is 1. The Bertz CT molecular complexity index is 1080. The number of hydrogen-bond donors (Lipinski definition) is 1. The highest BCUT2D eigenvalue weighted by molar-refractivity contribution is 7.19. The van der Waals surface area contributed by atoms with Gasteiger partial charge in [0.1, 0.15) is 5.01 Å². The minimum absolute atomic E-state index is 0.140. The van der Waals surface area contributed by atoms with Crippen LogP contribution in [0.5, 0.6) is 0 Å². The Morgan fingerprint density at radius 3 is 2.62 bits per heavy atom. The molecule has 2 aromatic carbocycles. The molecule has 0 fully saturated rings. The summed E-state index contributed by atoms with van der Waals surface area (Å²) in [6, 6.07) is 15.3. The first kappa shape index (κ1) is 16.4. The van der Waals surface area contributed by atoms with Gasteiger partial charge in [-0.25, -0.2) is 0 Å². The van der Waals surface area contributed by atoms with E-state index < -0.39 is 0 Å².